The zero-order valence-corrected chi connectivity index (χ0v) is 17.9. The van der Waals surface area contributed by atoms with Crippen molar-refractivity contribution in [2.75, 3.05) is 26.2 Å². The van der Waals surface area contributed by atoms with Crippen LogP contribution >= 0.6 is 11.6 Å². The lowest BCUT2D eigenvalue weighted by atomic mass is 9.94. The molecule has 1 fully saturated rings. The van der Waals surface area contributed by atoms with Gasteiger partial charge in [-0.25, -0.2) is 9.80 Å². The van der Waals surface area contributed by atoms with E-state index in [1.807, 2.05) is 24.3 Å². The summed E-state index contributed by atoms with van der Waals surface area (Å²) in [4.78, 5) is 15.2. The van der Waals surface area contributed by atoms with E-state index in [0.29, 0.717) is 17.6 Å². The van der Waals surface area contributed by atoms with E-state index in [-0.39, 0.29) is 11.9 Å². The number of benzene rings is 1. The maximum atomic E-state index is 12.8. The molecule has 3 rings (SSSR count). The molecule has 0 aromatic heterocycles. The standard InChI is InChI=1S/C22H33ClN4O/c1-3-26(4-2)15-14-18-16-27(22(28)24-20-8-6-5-7-9-20)25-21(18)17-10-12-19(23)13-11-17/h10-13,18,20H,3-9,14-16H2,1-2H3,(H,24,28). The molecule has 1 aliphatic heterocycles. The van der Waals surface area contributed by atoms with E-state index in [0.717, 1.165) is 50.2 Å². The molecule has 2 aliphatic rings. The first-order valence-corrected chi connectivity index (χ1v) is 11.1. The summed E-state index contributed by atoms with van der Waals surface area (Å²) in [7, 11) is 0. The summed E-state index contributed by atoms with van der Waals surface area (Å²) in [6.45, 7) is 8.14. The Labute approximate surface area is 174 Å². The van der Waals surface area contributed by atoms with E-state index in [1.165, 1.54) is 19.3 Å². The second-order valence-corrected chi connectivity index (χ2v) is 8.31. The van der Waals surface area contributed by atoms with Gasteiger partial charge >= 0.3 is 6.03 Å². The Balaban J connectivity index is 1.71. The lowest BCUT2D eigenvalue weighted by molar-refractivity contribution is 0.192. The fourth-order valence-corrected chi connectivity index (χ4v) is 4.32. The molecule has 1 aliphatic carbocycles. The second-order valence-electron chi connectivity index (χ2n) is 7.87. The van der Waals surface area contributed by atoms with Crippen LogP contribution in [0.4, 0.5) is 4.79 Å². The number of nitrogens with one attached hydrogen (secondary N) is 1. The minimum absolute atomic E-state index is 0.0521. The second kappa shape index (κ2) is 10.3. The van der Waals surface area contributed by atoms with Gasteiger partial charge < -0.3 is 10.2 Å². The zero-order valence-electron chi connectivity index (χ0n) is 17.2. The van der Waals surface area contributed by atoms with Crippen LogP contribution in [-0.4, -0.2) is 53.9 Å². The molecule has 1 aromatic carbocycles. The Bertz CT molecular complexity index is 666. The molecule has 1 atom stereocenters. The molecule has 28 heavy (non-hydrogen) atoms. The van der Waals surface area contributed by atoms with E-state index in [1.54, 1.807) is 5.01 Å². The molecule has 0 spiro atoms. The van der Waals surface area contributed by atoms with Gasteiger partial charge in [0.05, 0.1) is 12.3 Å². The molecule has 5 nitrogen and oxygen atoms in total. The van der Waals surface area contributed by atoms with Crippen molar-refractivity contribution < 1.29 is 4.79 Å². The van der Waals surface area contributed by atoms with Gasteiger partial charge in [-0.15, -0.1) is 0 Å². The van der Waals surface area contributed by atoms with Crippen LogP contribution < -0.4 is 5.32 Å². The van der Waals surface area contributed by atoms with Gasteiger partial charge in [0.15, 0.2) is 0 Å². The van der Waals surface area contributed by atoms with Crippen LogP contribution in [0, 0.1) is 5.92 Å². The van der Waals surface area contributed by atoms with Crippen molar-refractivity contribution in [1.29, 1.82) is 0 Å². The molecule has 154 valence electrons. The smallest absolute Gasteiger partial charge is 0.334 e. The molecule has 0 saturated heterocycles. The number of carbonyl (C=O) groups excluding carboxylic acids is 1. The SMILES string of the molecule is CCN(CC)CCC1CN(C(=O)NC2CCCCC2)N=C1c1ccc(Cl)cc1. The molecular formula is C22H33ClN4O. The summed E-state index contributed by atoms with van der Waals surface area (Å²) in [6.07, 6.45) is 6.85. The number of urea groups is 1. The predicted molar refractivity (Wildman–Crippen MR) is 116 cm³/mol. The van der Waals surface area contributed by atoms with Gasteiger partial charge in [0.25, 0.3) is 0 Å². The third-order valence-corrected chi connectivity index (χ3v) is 6.26. The van der Waals surface area contributed by atoms with Crippen molar-refractivity contribution in [3.05, 3.63) is 34.9 Å². The molecular weight excluding hydrogens is 372 g/mol. The van der Waals surface area contributed by atoms with Crippen LogP contribution in [0.3, 0.4) is 0 Å². The van der Waals surface area contributed by atoms with Crippen molar-refractivity contribution in [2.24, 2.45) is 11.0 Å². The number of hydrazone groups is 1. The van der Waals surface area contributed by atoms with Crippen molar-refractivity contribution in [3.63, 3.8) is 0 Å². The van der Waals surface area contributed by atoms with Gasteiger partial charge in [0.1, 0.15) is 0 Å². The maximum Gasteiger partial charge on any atom is 0.338 e. The maximum absolute atomic E-state index is 12.8. The fraction of sp³-hybridized carbons (Fsp3) is 0.636. The third kappa shape index (κ3) is 5.48. The molecule has 1 saturated carbocycles. The first-order valence-electron chi connectivity index (χ1n) is 10.8. The number of halogens is 1. The van der Waals surface area contributed by atoms with Crippen LogP contribution in [0.2, 0.25) is 5.02 Å². The highest BCUT2D eigenvalue weighted by atomic mass is 35.5. The highest BCUT2D eigenvalue weighted by molar-refractivity contribution is 6.30. The summed E-state index contributed by atoms with van der Waals surface area (Å²) < 4.78 is 0. The normalized spacial score (nSPS) is 20.5. The number of hydrogen-bond donors (Lipinski definition) is 1. The molecule has 1 N–H and O–H groups in total. The Morgan fingerprint density at radius 3 is 2.50 bits per heavy atom. The Hall–Kier alpha value is -1.59. The molecule has 0 radical (unpaired) electrons. The first-order chi connectivity index (χ1) is 13.6. The summed E-state index contributed by atoms with van der Waals surface area (Å²) in [6, 6.07) is 8.05. The van der Waals surface area contributed by atoms with Crippen molar-refractivity contribution in [3.8, 4) is 0 Å². The van der Waals surface area contributed by atoms with Crippen molar-refractivity contribution >= 4 is 23.3 Å². The molecule has 0 bridgehead atoms. The van der Waals surface area contributed by atoms with Crippen molar-refractivity contribution in [1.82, 2.24) is 15.2 Å². The summed E-state index contributed by atoms with van der Waals surface area (Å²) in [5.41, 5.74) is 2.06. The summed E-state index contributed by atoms with van der Waals surface area (Å²) in [5, 5.41) is 10.3. The summed E-state index contributed by atoms with van der Waals surface area (Å²) >= 11 is 6.06. The Morgan fingerprint density at radius 2 is 1.86 bits per heavy atom. The average Bonchev–Trinajstić information content (AvgIpc) is 3.14. The topological polar surface area (TPSA) is 47.9 Å². The number of hydrogen-bond acceptors (Lipinski definition) is 3. The van der Waals surface area contributed by atoms with Gasteiger partial charge in [0.2, 0.25) is 0 Å². The van der Waals surface area contributed by atoms with Gasteiger partial charge in [-0.05, 0) is 56.6 Å². The minimum atomic E-state index is -0.0521. The Kier molecular flexibility index (Phi) is 7.74. The highest BCUT2D eigenvalue weighted by Crippen LogP contribution is 2.25. The number of carbonyl (C=O) groups is 1. The number of amides is 2. The van der Waals surface area contributed by atoms with Crippen LogP contribution in [0.1, 0.15) is 57.9 Å². The quantitative estimate of drug-likeness (QED) is 0.712. The van der Waals surface area contributed by atoms with Gasteiger partial charge in [0, 0.05) is 17.0 Å². The summed E-state index contributed by atoms with van der Waals surface area (Å²) in [5.74, 6) is 0.249. The number of rotatable bonds is 7. The van der Waals surface area contributed by atoms with E-state index in [4.69, 9.17) is 16.7 Å². The van der Waals surface area contributed by atoms with Gasteiger partial charge in [-0.1, -0.05) is 56.8 Å². The largest absolute Gasteiger partial charge is 0.338 e. The number of nitrogens with zero attached hydrogens (tertiary/aromatic N) is 3. The third-order valence-electron chi connectivity index (χ3n) is 6.00. The van der Waals surface area contributed by atoms with Crippen LogP contribution in [0.5, 0.6) is 0 Å². The molecule has 1 heterocycles. The Morgan fingerprint density at radius 1 is 1.18 bits per heavy atom. The van der Waals surface area contributed by atoms with Crippen molar-refractivity contribution in [2.45, 2.75) is 58.4 Å². The molecule has 6 heteroatoms. The highest BCUT2D eigenvalue weighted by Gasteiger charge is 2.32. The molecule has 1 unspecified atom stereocenters. The molecule has 2 amide bonds. The van der Waals surface area contributed by atoms with Crippen LogP contribution in [0.25, 0.3) is 0 Å². The minimum Gasteiger partial charge on any atom is -0.334 e. The lowest BCUT2D eigenvalue weighted by Crippen LogP contribution is -2.43. The van der Waals surface area contributed by atoms with E-state index in [2.05, 4.69) is 24.1 Å². The van der Waals surface area contributed by atoms with Gasteiger partial charge in [-0.3, -0.25) is 0 Å². The zero-order chi connectivity index (χ0) is 19.9. The van der Waals surface area contributed by atoms with Crippen LogP contribution in [-0.2, 0) is 0 Å². The monoisotopic (exact) mass is 404 g/mol. The van der Waals surface area contributed by atoms with Gasteiger partial charge in [-0.2, -0.15) is 5.10 Å². The van der Waals surface area contributed by atoms with E-state index >= 15 is 0 Å². The first kappa shape index (κ1) is 21.1. The fourth-order valence-electron chi connectivity index (χ4n) is 4.19. The average molecular weight is 405 g/mol. The predicted octanol–water partition coefficient (Wildman–Crippen LogP) is 4.75. The van der Waals surface area contributed by atoms with E-state index < -0.39 is 0 Å². The lowest BCUT2D eigenvalue weighted by Gasteiger charge is -2.25. The van der Waals surface area contributed by atoms with Crippen LogP contribution in [0.15, 0.2) is 29.4 Å². The molecule has 1 aromatic rings. The van der Waals surface area contributed by atoms with E-state index in [9.17, 15) is 4.79 Å².